The van der Waals surface area contributed by atoms with Gasteiger partial charge in [0.25, 0.3) is 5.91 Å². The van der Waals surface area contributed by atoms with Gasteiger partial charge in [-0.05, 0) is 83.0 Å². The Hall–Kier alpha value is -1.77. The van der Waals surface area contributed by atoms with Crippen LogP contribution in [0, 0.1) is 5.82 Å². The normalized spacial score (nSPS) is 20.1. The Bertz CT molecular complexity index is 977. The van der Waals surface area contributed by atoms with Crippen LogP contribution in [0.4, 0.5) is 4.39 Å². The lowest BCUT2D eigenvalue weighted by atomic mass is 9.85. The van der Waals surface area contributed by atoms with Crippen molar-refractivity contribution < 1.29 is 23.8 Å². The van der Waals surface area contributed by atoms with E-state index in [0.29, 0.717) is 16.9 Å². The summed E-state index contributed by atoms with van der Waals surface area (Å²) in [4.78, 5) is 24.6. The summed E-state index contributed by atoms with van der Waals surface area (Å²) in [6.07, 6.45) is -1.08. The van der Waals surface area contributed by atoms with Crippen LogP contribution in [-0.2, 0) is 0 Å². The number of amides is 1. The van der Waals surface area contributed by atoms with Crippen molar-refractivity contribution in [2.75, 3.05) is 0 Å². The maximum atomic E-state index is 13.7. The molecule has 148 valence electrons. The van der Waals surface area contributed by atoms with Gasteiger partial charge in [0.15, 0.2) is 5.78 Å². The molecule has 0 aliphatic carbocycles. The van der Waals surface area contributed by atoms with Gasteiger partial charge in [0.05, 0.1) is 16.1 Å². The molecule has 0 radical (unpaired) electrons. The minimum atomic E-state index is -1.08. The molecule has 1 aliphatic rings. The number of ketones is 1. The van der Waals surface area contributed by atoms with Crippen LogP contribution in [0.5, 0.6) is 5.75 Å². The van der Waals surface area contributed by atoms with Crippen molar-refractivity contribution in [2.45, 2.75) is 38.5 Å². The third kappa shape index (κ3) is 3.86. The molecule has 2 unspecified atom stereocenters. The number of carbonyl (C=O) groups is 2. The molecule has 3 rings (SSSR count). The third-order valence-electron chi connectivity index (χ3n) is 4.69. The van der Waals surface area contributed by atoms with E-state index in [0.717, 1.165) is 0 Å². The van der Waals surface area contributed by atoms with Crippen LogP contribution < -0.4 is 10.1 Å². The summed E-state index contributed by atoms with van der Waals surface area (Å²) in [5.74, 6) is -0.678. The zero-order valence-corrected chi connectivity index (χ0v) is 18.5. The lowest BCUT2D eigenvalue weighted by Gasteiger charge is -2.42. The van der Waals surface area contributed by atoms with Gasteiger partial charge in [-0.3, -0.25) is 9.59 Å². The quantitative estimate of drug-likeness (QED) is 0.465. The zero-order chi connectivity index (χ0) is 20.8. The summed E-state index contributed by atoms with van der Waals surface area (Å²) in [6, 6.07) is 6.63. The van der Waals surface area contributed by atoms with Crippen LogP contribution >= 0.6 is 31.9 Å². The molecule has 0 saturated heterocycles. The first-order valence-corrected chi connectivity index (χ1v) is 10.1. The summed E-state index contributed by atoms with van der Waals surface area (Å²) in [6.45, 7) is 4.86. The largest absolute Gasteiger partial charge is 0.485 e. The Morgan fingerprint density at radius 3 is 2.50 bits per heavy atom. The standard InChI is InChI=1S/C20H18Br2FNO4/c1-9(25)10-4-5-16-12(6-10)17(18(26)20(2,3)28-16)24-19(27)11-7-14(22)15(23)8-13(11)21/h4-8,17-18,26H,1-3H3,(H,24,27). The van der Waals surface area contributed by atoms with Crippen molar-refractivity contribution in [1.29, 1.82) is 0 Å². The number of benzene rings is 2. The molecule has 0 spiro atoms. The van der Waals surface area contributed by atoms with Gasteiger partial charge in [-0.15, -0.1) is 0 Å². The average molecular weight is 515 g/mol. The number of hydrogen-bond donors (Lipinski definition) is 2. The summed E-state index contributed by atoms with van der Waals surface area (Å²) in [5.41, 5.74) is 0.182. The Morgan fingerprint density at radius 1 is 1.18 bits per heavy atom. The van der Waals surface area contributed by atoms with E-state index in [9.17, 15) is 19.1 Å². The molecular weight excluding hydrogens is 497 g/mol. The van der Waals surface area contributed by atoms with Crippen LogP contribution in [-0.4, -0.2) is 28.5 Å². The highest BCUT2D eigenvalue weighted by Crippen LogP contribution is 2.40. The number of Topliss-reactive ketones (excluding diaryl/α,β-unsaturated/α-hetero) is 1. The second-order valence-electron chi connectivity index (χ2n) is 7.16. The molecular formula is C20H18Br2FNO4. The van der Waals surface area contributed by atoms with Crippen LogP contribution in [0.25, 0.3) is 0 Å². The fourth-order valence-corrected chi connectivity index (χ4v) is 3.93. The molecule has 2 N–H and O–H groups in total. The van der Waals surface area contributed by atoms with Crippen molar-refractivity contribution in [2.24, 2.45) is 0 Å². The first kappa shape index (κ1) is 21.0. The van der Waals surface area contributed by atoms with Crippen molar-refractivity contribution in [3.8, 4) is 5.75 Å². The van der Waals surface area contributed by atoms with Crippen molar-refractivity contribution in [3.63, 3.8) is 0 Å². The van der Waals surface area contributed by atoms with Gasteiger partial charge in [-0.25, -0.2) is 4.39 Å². The van der Waals surface area contributed by atoms with Gasteiger partial charge in [0.1, 0.15) is 23.3 Å². The van der Waals surface area contributed by atoms with Gasteiger partial charge in [0.2, 0.25) is 0 Å². The molecule has 5 nitrogen and oxygen atoms in total. The predicted molar refractivity (Wildman–Crippen MR) is 109 cm³/mol. The molecule has 8 heteroatoms. The fourth-order valence-electron chi connectivity index (χ4n) is 3.09. The zero-order valence-electron chi connectivity index (χ0n) is 15.3. The predicted octanol–water partition coefficient (Wildman–Crippen LogP) is 4.56. The Morgan fingerprint density at radius 2 is 1.86 bits per heavy atom. The maximum absolute atomic E-state index is 13.7. The first-order chi connectivity index (χ1) is 13.0. The van der Waals surface area contributed by atoms with Crippen LogP contribution in [0.15, 0.2) is 39.3 Å². The molecule has 1 aliphatic heterocycles. The van der Waals surface area contributed by atoms with E-state index in [1.165, 1.54) is 19.1 Å². The van der Waals surface area contributed by atoms with Crippen LogP contribution in [0.2, 0.25) is 0 Å². The number of rotatable bonds is 3. The topological polar surface area (TPSA) is 75.6 Å². The number of nitrogens with one attached hydrogen (secondary N) is 1. The molecule has 2 atom stereocenters. The molecule has 2 aromatic rings. The van der Waals surface area contributed by atoms with E-state index < -0.39 is 29.5 Å². The molecule has 2 aromatic carbocycles. The minimum Gasteiger partial charge on any atom is -0.485 e. The number of aliphatic hydroxyl groups is 1. The summed E-state index contributed by atoms with van der Waals surface area (Å²) < 4.78 is 20.0. The average Bonchev–Trinajstić information content (AvgIpc) is 2.61. The highest BCUT2D eigenvalue weighted by Gasteiger charge is 2.44. The summed E-state index contributed by atoms with van der Waals surface area (Å²) in [5, 5.41) is 13.6. The number of carbonyl (C=O) groups excluding carboxylic acids is 2. The maximum Gasteiger partial charge on any atom is 0.253 e. The molecule has 0 aromatic heterocycles. The monoisotopic (exact) mass is 513 g/mol. The smallest absolute Gasteiger partial charge is 0.253 e. The van der Waals surface area contributed by atoms with E-state index in [-0.39, 0.29) is 20.3 Å². The number of halogens is 3. The number of hydrogen-bond acceptors (Lipinski definition) is 4. The van der Waals surface area contributed by atoms with Gasteiger partial charge in [-0.1, -0.05) is 0 Å². The lowest BCUT2D eigenvalue weighted by molar-refractivity contribution is -0.0627. The highest BCUT2D eigenvalue weighted by molar-refractivity contribution is 9.11. The van der Waals surface area contributed by atoms with Crippen molar-refractivity contribution in [1.82, 2.24) is 5.32 Å². The highest BCUT2D eigenvalue weighted by atomic mass is 79.9. The van der Waals surface area contributed by atoms with Crippen molar-refractivity contribution in [3.05, 3.63) is 61.8 Å². The van der Waals surface area contributed by atoms with Crippen molar-refractivity contribution >= 4 is 43.6 Å². The number of fused-ring (bicyclic) bond motifs is 1. The lowest BCUT2D eigenvalue weighted by Crippen LogP contribution is -2.53. The van der Waals surface area contributed by atoms with E-state index >= 15 is 0 Å². The molecule has 1 amide bonds. The summed E-state index contributed by atoms with van der Waals surface area (Å²) >= 11 is 6.27. The first-order valence-electron chi connectivity index (χ1n) is 8.48. The second-order valence-corrected chi connectivity index (χ2v) is 8.87. The fraction of sp³-hybridized carbons (Fsp3) is 0.300. The SMILES string of the molecule is CC(=O)c1ccc2c(c1)C(NC(=O)c1cc(Br)c(F)cc1Br)C(O)C(C)(C)O2. The van der Waals surface area contributed by atoms with E-state index in [1.807, 2.05) is 0 Å². The van der Waals surface area contributed by atoms with Gasteiger partial charge < -0.3 is 15.2 Å². The Kier molecular flexibility index (Phi) is 5.67. The molecule has 0 saturated carbocycles. The van der Waals surface area contributed by atoms with Gasteiger partial charge in [-0.2, -0.15) is 0 Å². The Labute approximate surface area is 178 Å². The number of ether oxygens (including phenoxy) is 1. The second kappa shape index (κ2) is 7.57. The van der Waals surface area contributed by atoms with E-state index in [4.69, 9.17) is 4.74 Å². The Balaban J connectivity index is 2.03. The molecule has 1 heterocycles. The minimum absolute atomic E-state index is 0.141. The van der Waals surface area contributed by atoms with E-state index in [2.05, 4.69) is 37.2 Å². The molecule has 0 bridgehead atoms. The third-order valence-corrected chi connectivity index (χ3v) is 5.96. The molecule has 28 heavy (non-hydrogen) atoms. The van der Waals surface area contributed by atoms with Crippen LogP contribution in [0.3, 0.4) is 0 Å². The van der Waals surface area contributed by atoms with Crippen LogP contribution in [0.1, 0.15) is 53.1 Å². The van der Waals surface area contributed by atoms with Gasteiger partial charge in [0, 0.05) is 15.6 Å². The van der Waals surface area contributed by atoms with Gasteiger partial charge >= 0.3 is 0 Å². The van der Waals surface area contributed by atoms with E-state index in [1.54, 1.807) is 32.0 Å². The summed E-state index contributed by atoms with van der Waals surface area (Å²) in [7, 11) is 0. The number of aliphatic hydroxyl groups excluding tert-OH is 1. The molecule has 0 fully saturated rings.